The quantitative estimate of drug-likeness (QED) is 0.660. The molecule has 1 aromatic heterocycles. The predicted molar refractivity (Wildman–Crippen MR) is 75.6 cm³/mol. The predicted octanol–water partition coefficient (Wildman–Crippen LogP) is 4.14. The fraction of sp³-hybridized carbons (Fsp3) is 0.100. The van der Waals surface area contributed by atoms with E-state index < -0.39 is 0 Å². The molecule has 0 aliphatic heterocycles. The van der Waals surface area contributed by atoms with Crippen molar-refractivity contribution < 1.29 is 0 Å². The molecule has 0 atom stereocenters. The average molecular weight is 302 g/mol. The smallest absolute Gasteiger partial charge is 0.201 e. The highest BCUT2D eigenvalue weighted by atomic mass is 35.5. The maximum atomic E-state index is 5.81. The number of aromatic amines is 2. The Morgan fingerprint density at radius 2 is 1.88 bits per heavy atom. The van der Waals surface area contributed by atoms with Crippen molar-refractivity contribution in [1.29, 1.82) is 0 Å². The van der Waals surface area contributed by atoms with Crippen molar-refractivity contribution in [3.8, 4) is 0 Å². The van der Waals surface area contributed by atoms with Crippen LogP contribution in [-0.4, -0.2) is 15.0 Å². The Morgan fingerprint density at radius 1 is 1.18 bits per heavy atom. The molecule has 0 aliphatic carbocycles. The van der Waals surface area contributed by atoms with Crippen molar-refractivity contribution in [1.82, 2.24) is 15.0 Å². The van der Waals surface area contributed by atoms with Crippen LogP contribution in [0, 0.1) is 9.54 Å². The Morgan fingerprint density at radius 3 is 2.53 bits per heavy atom. The summed E-state index contributed by atoms with van der Waals surface area (Å²) in [4.78, 5) is 9.84. The molecule has 0 bridgehead atoms. The third-order valence-electron chi connectivity index (χ3n) is 1.93. The van der Waals surface area contributed by atoms with Gasteiger partial charge in [-0.3, -0.25) is 0 Å². The summed E-state index contributed by atoms with van der Waals surface area (Å²) in [5.74, 6) is 0.786. The van der Waals surface area contributed by atoms with Crippen LogP contribution in [0.3, 0.4) is 0 Å². The molecule has 0 unspecified atom stereocenters. The lowest BCUT2D eigenvalue weighted by Gasteiger charge is -2.01. The zero-order valence-corrected chi connectivity index (χ0v) is 11.8. The summed E-state index contributed by atoms with van der Waals surface area (Å²) in [5.41, 5.74) is 1.17. The van der Waals surface area contributed by atoms with E-state index in [2.05, 4.69) is 15.0 Å². The summed E-state index contributed by atoms with van der Waals surface area (Å²) in [6.45, 7) is 0. The van der Waals surface area contributed by atoms with Crippen LogP contribution in [0.25, 0.3) is 0 Å². The van der Waals surface area contributed by atoms with E-state index in [0.717, 1.165) is 10.8 Å². The Labute approximate surface area is 118 Å². The fourth-order valence-corrected chi connectivity index (χ4v) is 2.70. The van der Waals surface area contributed by atoms with E-state index in [1.54, 1.807) is 11.8 Å². The van der Waals surface area contributed by atoms with Gasteiger partial charge in [0, 0.05) is 10.8 Å². The van der Waals surface area contributed by atoms with E-state index >= 15 is 0 Å². The molecule has 17 heavy (non-hydrogen) atoms. The molecule has 2 rings (SSSR count). The number of halogens is 1. The van der Waals surface area contributed by atoms with Gasteiger partial charge in [-0.2, -0.15) is 4.98 Å². The van der Waals surface area contributed by atoms with E-state index in [1.165, 1.54) is 5.56 Å². The molecule has 0 spiro atoms. The number of rotatable bonds is 3. The van der Waals surface area contributed by atoms with Gasteiger partial charge in [0.15, 0.2) is 9.93 Å². The highest BCUT2D eigenvalue weighted by Crippen LogP contribution is 2.19. The number of thioether (sulfide) groups is 1. The van der Waals surface area contributed by atoms with Gasteiger partial charge in [0.05, 0.1) is 0 Å². The highest BCUT2D eigenvalue weighted by Gasteiger charge is 1.98. The minimum Gasteiger partial charge on any atom is -0.311 e. The van der Waals surface area contributed by atoms with Gasteiger partial charge in [0.25, 0.3) is 0 Å². The lowest BCUT2D eigenvalue weighted by atomic mass is 10.2. The summed E-state index contributed by atoms with van der Waals surface area (Å²) in [5, 5.41) is 1.45. The average Bonchev–Trinajstić information content (AvgIpc) is 2.27. The standard InChI is InChI=1S/C10H8ClN3S3/c11-7-3-1-6(2-4-7)5-17-10-13-8(15)12-9(16)14-10/h1-4H,5H2,(H2,12,13,14,15,16). The molecule has 3 nitrogen and oxygen atoms in total. The second-order valence-electron chi connectivity index (χ2n) is 3.22. The number of benzene rings is 1. The summed E-state index contributed by atoms with van der Waals surface area (Å²) >= 11 is 17.3. The zero-order chi connectivity index (χ0) is 12.3. The zero-order valence-electron chi connectivity index (χ0n) is 8.57. The Bertz CT molecular complexity index is 589. The molecule has 88 valence electrons. The summed E-state index contributed by atoms with van der Waals surface area (Å²) in [6, 6.07) is 7.69. The van der Waals surface area contributed by atoms with Gasteiger partial charge in [-0.05, 0) is 42.1 Å². The lowest BCUT2D eigenvalue weighted by Crippen LogP contribution is -1.91. The largest absolute Gasteiger partial charge is 0.311 e. The van der Waals surface area contributed by atoms with E-state index in [1.807, 2.05) is 24.3 Å². The molecule has 7 heteroatoms. The maximum absolute atomic E-state index is 5.81. The first-order valence-corrected chi connectivity index (χ1v) is 6.89. The SMILES string of the molecule is S=c1nc(SCc2ccc(Cl)cc2)[nH]c(=S)[nH]1. The van der Waals surface area contributed by atoms with Crippen molar-refractivity contribution in [2.24, 2.45) is 0 Å². The third kappa shape index (κ3) is 3.92. The molecule has 2 aromatic rings. The Kier molecular flexibility index (Phi) is 4.33. The number of nitrogens with one attached hydrogen (secondary N) is 2. The third-order valence-corrected chi connectivity index (χ3v) is 3.53. The van der Waals surface area contributed by atoms with Crippen LogP contribution in [0.5, 0.6) is 0 Å². The first kappa shape index (κ1) is 12.8. The Balaban J connectivity index is 2.09. The van der Waals surface area contributed by atoms with Gasteiger partial charge in [0.2, 0.25) is 4.77 Å². The van der Waals surface area contributed by atoms with Crippen molar-refractivity contribution in [3.05, 3.63) is 44.4 Å². The maximum Gasteiger partial charge on any atom is 0.201 e. The highest BCUT2D eigenvalue weighted by molar-refractivity contribution is 7.98. The number of H-pyrrole nitrogens is 2. The molecule has 2 N–H and O–H groups in total. The van der Waals surface area contributed by atoms with E-state index in [4.69, 9.17) is 36.0 Å². The lowest BCUT2D eigenvalue weighted by molar-refractivity contribution is 0.872. The van der Waals surface area contributed by atoms with Gasteiger partial charge in [-0.1, -0.05) is 35.5 Å². The van der Waals surface area contributed by atoms with Crippen LogP contribution < -0.4 is 0 Å². The summed E-state index contributed by atoms with van der Waals surface area (Å²) in [7, 11) is 0. The van der Waals surface area contributed by atoms with Gasteiger partial charge in [-0.25, -0.2) is 0 Å². The summed E-state index contributed by atoms with van der Waals surface area (Å²) in [6.07, 6.45) is 0. The molecule has 1 aromatic carbocycles. The van der Waals surface area contributed by atoms with E-state index in [0.29, 0.717) is 14.7 Å². The van der Waals surface area contributed by atoms with E-state index in [-0.39, 0.29) is 0 Å². The topological polar surface area (TPSA) is 44.5 Å². The second kappa shape index (κ2) is 5.77. The number of hydrogen-bond acceptors (Lipinski definition) is 4. The number of aromatic nitrogens is 3. The van der Waals surface area contributed by atoms with Crippen LogP contribution >= 0.6 is 47.8 Å². The number of nitrogens with zero attached hydrogens (tertiary/aromatic N) is 1. The second-order valence-corrected chi connectivity index (χ2v) is 5.41. The monoisotopic (exact) mass is 301 g/mol. The molecule has 1 heterocycles. The molecule has 0 fully saturated rings. The van der Waals surface area contributed by atoms with Crippen LogP contribution in [0.1, 0.15) is 5.56 Å². The molecule has 0 aliphatic rings. The van der Waals surface area contributed by atoms with Gasteiger partial charge < -0.3 is 9.97 Å². The number of hydrogen-bond donors (Lipinski definition) is 2. The molecule has 0 radical (unpaired) electrons. The van der Waals surface area contributed by atoms with E-state index in [9.17, 15) is 0 Å². The van der Waals surface area contributed by atoms with Crippen molar-refractivity contribution >= 4 is 47.8 Å². The molecule has 0 saturated heterocycles. The first-order valence-electron chi connectivity index (χ1n) is 4.71. The van der Waals surface area contributed by atoms with Crippen molar-refractivity contribution in [3.63, 3.8) is 0 Å². The van der Waals surface area contributed by atoms with Gasteiger partial charge >= 0.3 is 0 Å². The Hall–Kier alpha value is -0.690. The minimum absolute atomic E-state index is 0.396. The minimum atomic E-state index is 0.396. The van der Waals surface area contributed by atoms with Crippen LogP contribution in [0.15, 0.2) is 29.4 Å². The summed E-state index contributed by atoms with van der Waals surface area (Å²) < 4.78 is 0.885. The molecule has 0 amide bonds. The molecular formula is C10H8ClN3S3. The molecule has 0 saturated carbocycles. The van der Waals surface area contributed by atoms with Crippen LogP contribution in [-0.2, 0) is 5.75 Å². The van der Waals surface area contributed by atoms with Gasteiger partial charge in [-0.15, -0.1) is 0 Å². The molecular weight excluding hydrogens is 294 g/mol. The van der Waals surface area contributed by atoms with Crippen molar-refractivity contribution in [2.75, 3.05) is 0 Å². The first-order chi connectivity index (χ1) is 8.13. The fourth-order valence-electron chi connectivity index (χ4n) is 1.17. The van der Waals surface area contributed by atoms with Crippen LogP contribution in [0.2, 0.25) is 5.02 Å². The van der Waals surface area contributed by atoms with Crippen LogP contribution in [0.4, 0.5) is 0 Å². The van der Waals surface area contributed by atoms with Gasteiger partial charge in [0.1, 0.15) is 0 Å². The normalized spacial score (nSPS) is 10.4. The van der Waals surface area contributed by atoms with Crippen molar-refractivity contribution in [2.45, 2.75) is 10.9 Å².